The topological polar surface area (TPSA) is 73.1 Å². The number of nitrogens with one attached hydrogen (secondary N) is 1. The van der Waals surface area contributed by atoms with Gasteiger partial charge >= 0.3 is 5.69 Å². The van der Waals surface area contributed by atoms with Gasteiger partial charge in [0.05, 0.1) is 12.1 Å². The van der Waals surface area contributed by atoms with Crippen LogP contribution in [0.4, 0.5) is 4.39 Å². The van der Waals surface area contributed by atoms with Gasteiger partial charge in [0.25, 0.3) is 5.56 Å². The quantitative estimate of drug-likeness (QED) is 0.532. The number of fused-ring (bicyclic) bond motifs is 1. The number of carbonyl (C=O) groups is 1. The average Bonchev–Trinajstić information content (AvgIpc) is 3.30. The van der Waals surface area contributed by atoms with Gasteiger partial charge in [-0.15, -0.1) is 11.3 Å². The Morgan fingerprint density at radius 1 is 1.18 bits per heavy atom. The second-order valence-electron chi connectivity index (χ2n) is 8.63. The summed E-state index contributed by atoms with van der Waals surface area (Å²) in [5.74, 6) is -0.274. The molecule has 0 bridgehead atoms. The molecule has 176 valence electrons. The van der Waals surface area contributed by atoms with Crippen molar-refractivity contribution in [3.05, 3.63) is 66.9 Å². The number of rotatable bonds is 7. The molecule has 0 radical (unpaired) electrons. The third-order valence-electron chi connectivity index (χ3n) is 6.42. The number of aromatic nitrogens is 2. The Balaban J connectivity index is 1.60. The second-order valence-corrected chi connectivity index (χ2v) is 9.95. The molecule has 1 fully saturated rings. The summed E-state index contributed by atoms with van der Waals surface area (Å²) in [7, 11) is 0. The monoisotopic (exact) mass is 491 g/mol. The zero-order valence-electron chi connectivity index (χ0n) is 18.5. The number of hydrogen-bond donors (Lipinski definition) is 1. The van der Waals surface area contributed by atoms with Crippen molar-refractivity contribution in [2.75, 3.05) is 6.54 Å². The van der Waals surface area contributed by atoms with Gasteiger partial charge in [0.15, 0.2) is 0 Å². The predicted molar refractivity (Wildman–Crippen MR) is 130 cm³/mol. The third kappa shape index (κ3) is 4.92. The predicted octanol–water partition coefficient (Wildman–Crippen LogP) is 4.40. The van der Waals surface area contributed by atoms with E-state index in [0.29, 0.717) is 23.3 Å². The largest absolute Gasteiger partial charge is 0.356 e. The Morgan fingerprint density at radius 2 is 1.94 bits per heavy atom. The number of hydrogen-bond acceptors (Lipinski definition) is 4. The normalized spacial score (nSPS) is 18.5. The summed E-state index contributed by atoms with van der Waals surface area (Å²) in [6.45, 7) is 2.94. The SMILES string of the molecule is CCCNC(=O)C1CCC(Cn2c(=O)c3sccc3n(Cc3c(F)cccc3Cl)c2=O)CC1. The number of carbonyl (C=O) groups excluding carboxylic acids is 1. The van der Waals surface area contributed by atoms with E-state index in [1.807, 2.05) is 6.92 Å². The van der Waals surface area contributed by atoms with Crippen LogP contribution in [-0.4, -0.2) is 21.6 Å². The molecule has 1 aromatic carbocycles. The summed E-state index contributed by atoms with van der Waals surface area (Å²) in [4.78, 5) is 38.8. The van der Waals surface area contributed by atoms with Gasteiger partial charge in [-0.05, 0) is 61.6 Å². The van der Waals surface area contributed by atoms with Gasteiger partial charge < -0.3 is 5.32 Å². The average molecular weight is 492 g/mol. The van der Waals surface area contributed by atoms with Crippen LogP contribution in [0.3, 0.4) is 0 Å². The van der Waals surface area contributed by atoms with Crippen LogP contribution < -0.4 is 16.6 Å². The molecule has 0 saturated heterocycles. The lowest BCUT2D eigenvalue weighted by atomic mass is 9.81. The van der Waals surface area contributed by atoms with E-state index < -0.39 is 11.5 Å². The Bertz CT molecular complexity index is 1250. The highest BCUT2D eigenvalue weighted by molar-refractivity contribution is 7.17. The standard InChI is InChI=1S/C24H27ClFN3O3S/c1-2-11-27-22(30)16-8-6-15(7-9-16)13-29-23(31)21-20(10-12-33-21)28(24(29)32)14-17-18(25)4-3-5-19(17)26/h3-5,10,12,15-16H,2,6-9,11,13-14H2,1H3,(H,27,30). The minimum absolute atomic E-state index is 0.0100. The van der Waals surface area contributed by atoms with Crippen LogP contribution in [0.1, 0.15) is 44.6 Å². The second kappa shape index (κ2) is 10.2. The summed E-state index contributed by atoms with van der Waals surface area (Å²) in [5.41, 5.74) is -0.0730. The lowest BCUT2D eigenvalue weighted by molar-refractivity contribution is -0.126. The molecule has 1 aliphatic carbocycles. The minimum atomic E-state index is -0.491. The molecule has 9 heteroatoms. The number of halogens is 2. The molecule has 0 atom stereocenters. The number of thiophene rings is 1. The van der Waals surface area contributed by atoms with Crippen molar-refractivity contribution in [3.8, 4) is 0 Å². The van der Waals surface area contributed by atoms with Gasteiger partial charge in [-0.25, -0.2) is 9.18 Å². The van der Waals surface area contributed by atoms with Crippen LogP contribution >= 0.6 is 22.9 Å². The van der Waals surface area contributed by atoms with Gasteiger partial charge in [0.2, 0.25) is 5.91 Å². The van der Waals surface area contributed by atoms with E-state index in [4.69, 9.17) is 11.6 Å². The van der Waals surface area contributed by atoms with Crippen molar-refractivity contribution in [3.63, 3.8) is 0 Å². The molecule has 33 heavy (non-hydrogen) atoms. The van der Waals surface area contributed by atoms with Gasteiger partial charge in [0, 0.05) is 29.6 Å². The van der Waals surface area contributed by atoms with Crippen molar-refractivity contribution in [1.29, 1.82) is 0 Å². The molecule has 1 amide bonds. The lowest BCUT2D eigenvalue weighted by Gasteiger charge is -2.28. The van der Waals surface area contributed by atoms with Gasteiger partial charge in [-0.3, -0.25) is 18.7 Å². The molecular weight excluding hydrogens is 465 g/mol. The van der Waals surface area contributed by atoms with E-state index in [0.717, 1.165) is 32.1 Å². The van der Waals surface area contributed by atoms with Crippen molar-refractivity contribution in [2.24, 2.45) is 11.8 Å². The molecular formula is C24H27ClFN3O3S. The zero-order chi connectivity index (χ0) is 23.5. The highest BCUT2D eigenvalue weighted by Gasteiger charge is 2.27. The van der Waals surface area contributed by atoms with Crippen LogP contribution in [0, 0.1) is 17.7 Å². The maximum absolute atomic E-state index is 14.4. The molecule has 2 heterocycles. The van der Waals surface area contributed by atoms with Crippen LogP contribution in [0.15, 0.2) is 39.2 Å². The van der Waals surface area contributed by atoms with Crippen molar-refractivity contribution < 1.29 is 9.18 Å². The minimum Gasteiger partial charge on any atom is -0.356 e. The number of nitrogens with zero attached hydrogens (tertiary/aromatic N) is 2. The van der Waals surface area contributed by atoms with E-state index in [1.54, 1.807) is 17.5 Å². The first-order valence-electron chi connectivity index (χ1n) is 11.3. The number of benzene rings is 1. The van der Waals surface area contributed by atoms with Crippen LogP contribution in [0.25, 0.3) is 10.2 Å². The Kier molecular flexibility index (Phi) is 7.34. The van der Waals surface area contributed by atoms with E-state index in [2.05, 4.69) is 5.32 Å². The fourth-order valence-electron chi connectivity index (χ4n) is 4.55. The molecule has 1 aliphatic rings. The van der Waals surface area contributed by atoms with Gasteiger partial charge in [-0.1, -0.05) is 24.6 Å². The Morgan fingerprint density at radius 3 is 2.64 bits per heavy atom. The number of amides is 1. The molecule has 1 saturated carbocycles. The fraction of sp³-hybridized carbons (Fsp3) is 0.458. The first-order chi connectivity index (χ1) is 15.9. The fourth-order valence-corrected chi connectivity index (χ4v) is 5.61. The summed E-state index contributed by atoms with van der Waals surface area (Å²) in [6.07, 6.45) is 3.94. The third-order valence-corrected chi connectivity index (χ3v) is 7.67. The summed E-state index contributed by atoms with van der Waals surface area (Å²) >= 11 is 7.47. The van der Waals surface area contributed by atoms with Crippen molar-refractivity contribution in [1.82, 2.24) is 14.5 Å². The molecule has 3 aromatic rings. The molecule has 0 spiro atoms. The first kappa shape index (κ1) is 23.7. The molecule has 2 aromatic heterocycles. The summed E-state index contributed by atoms with van der Waals surface area (Å²) < 4.78 is 17.6. The molecule has 0 unspecified atom stereocenters. The van der Waals surface area contributed by atoms with E-state index in [-0.39, 0.29) is 40.4 Å². The highest BCUT2D eigenvalue weighted by Crippen LogP contribution is 2.30. The lowest BCUT2D eigenvalue weighted by Crippen LogP contribution is -2.42. The van der Waals surface area contributed by atoms with E-state index >= 15 is 0 Å². The molecule has 1 N–H and O–H groups in total. The van der Waals surface area contributed by atoms with Crippen LogP contribution in [-0.2, 0) is 17.9 Å². The van der Waals surface area contributed by atoms with E-state index in [9.17, 15) is 18.8 Å². The van der Waals surface area contributed by atoms with Crippen molar-refractivity contribution in [2.45, 2.75) is 52.1 Å². The summed E-state index contributed by atoms with van der Waals surface area (Å²) in [6, 6.07) is 6.12. The van der Waals surface area contributed by atoms with Crippen molar-refractivity contribution >= 4 is 39.1 Å². The maximum Gasteiger partial charge on any atom is 0.331 e. The summed E-state index contributed by atoms with van der Waals surface area (Å²) in [5, 5.41) is 4.95. The van der Waals surface area contributed by atoms with Crippen LogP contribution in [0.2, 0.25) is 5.02 Å². The van der Waals surface area contributed by atoms with E-state index in [1.165, 1.54) is 32.6 Å². The Labute approximate surface area is 200 Å². The highest BCUT2D eigenvalue weighted by atomic mass is 35.5. The maximum atomic E-state index is 14.4. The Hall–Kier alpha value is -2.45. The molecule has 4 rings (SSSR count). The van der Waals surface area contributed by atoms with Crippen LogP contribution in [0.5, 0.6) is 0 Å². The molecule has 6 nitrogen and oxygen atoms in total. The van der Waals surface area contributed by atoms with Gasteiger partial charge in [-0.2, -0.15) is 0 Å². The van der Waals surface area contributed by atoms with Gasteiger partial charge in [0.1, 0.15) is 10.5 Å². The molecule has 0 aliphatic heterocycles. The first-order valence-corrected chi connectivity index (χ1v) is 12.6. The smallest absolute Gasteiger partial charge is 0.331 e. The zero-order valence-corrected chi connectivity index (χ0v) is 20.1.